The molecule has 1 unspecified atom stereocenters. The van der Waals surface area contributed by atoms with Gasteiger partial charge in [-0.05, 0) is 41.7 Å². The number of carbonyl (C=O) groups is 4. The van der Waals surface area contributed by atoms with Crippen LogP contribution in [-0.2, 0) is 39.8 Å². The van der Waals surface area contributed by atoms with Crippen LogP contribution in [0.1, 0.15) is 57.8 Å². The number of nitrogens with one attached hydrogen (secondary N) is 2. The third-order valence-electron chi connectivity index (χ3n) is 8.14. The van der Waals surface area contributed by atoms with Gasteiger partial charge in [-0.1, -0.05) is 81.8 Å². The molecule has 248 valence electrons. The number of hydrogen-bond acceptors (Lipinski definition) is 8. The van der Waals surface area contributed by atoms with Crippen LogP contribution in [0.4, 0.5) is 0 Å². The Bertz CT molecular complexity index is 1410. The van der Waals surface area contributed by atoms with Gasteiger partial charge in [0.2, 0.25) is 11.8 Å². The molecule has 11 heteroatoms. The average Bonchev–Trinajstić information content (AvgIpc) is 3.83. The second-order valence-electron chi connectivity index (χ2n) is 12.3. The topological polar surface area (TPSA) is 133 Å². The van der Waals surface area contributed by atoms with Gasteiger partial charge in [0.05, 0.1) is 24.2 Å². The van der Waals surface area contributed by atoms with Crippen LogP contribution in [0.3, 0.4) is 0 Å². The minimum atomic E-state index is -1.13. The smallest absolute Gasteiger partial charge is 0.347 e. The van der Waals surface area contributed by atoms with Crippen LogP contribution in [0, 0.1) is 17.8 Å². The number of cyclic esters (lactones) is 2. The molecule has 0 spiro atoms. The molecule has 2 aromatic carbocycles. The third kappa shape index (κ3) is 9.56. The highest BCUT2D eigenvalue weighted by Crippen LogP contribution is 2.45. The quantitative estimate of drug-likeness (QED) is 0.308. The molecule has 1 fully saturated rings. The number of carbonyl (C=O) groups excluding carboxylic acids is 4. The van der Waals surface area contributed by atoms with E-state index in [2.05, 4.69) is 10.6 Å². The van der Waals surface area contributed by atoms with Gasteiger partial charge in [-0.3, -0.25) is 14.4 Å². The minimum Gasteiger partial charge on any atom is -0.495 e. The van der Waals surface area contributed by atoms with Crippen molar-refractivity contribution in [2.45, 2.75) is 77.4 Å². The Morgan fingerprint density at radius 3 is 2.41 bits per heavy atom. The summed E-state index contributed by atoms with van der Waals surface area (Å²) in [5.41, 5.74) is 1.73. The number of esters is 2. The maximum absolute atomic E-state index is 13.5. The number of halogens is 1. The van der Waals surface area contributed by atoms with Crippen molar-refractivity contribution in [2.75, 3.05) is 13.7 Å². The van der Waals surface area contributed by atoms with Gasteiger partial charge in [0.1, 0.15) is 24.0 Å². The predicted octanol–water partition coefficient (Wildman–Crippen LogP) is 4.73. The maximum Gasteiger partial charge on any atom is 0.347 e. The highest BCUT2D eigenvalue weighted by Gasteiger charge is 2.47. The molecule has 0 aliphatic carbocycles. The van der Waals surface area contributed by atoms with Crippen LogP contribution in [0.15, 0.2) is 60.7 Å². The van der Waals surface area contributed by atoms with Gasteiger partial charge < -0.3 is 29.6 Å². The lowest BCUT2D eigenvalue weighted by molar-refractivity contribution is -0.176. The Balaban J connectivity index is 1.58. The van der Waals surface area contributed by atoms with Crippen molar-refractivity contribution >= 4 is 35.4 Å². The van der Waals surface area contributed by atoms with Crippen LogP contribution in [0.5, 0.6) is 5.75 Å². The van der Waals surface area contributed by atoms with Crippen molar-refractivity contribution in [3.8, 4) is 5.75 Å². The Morgan fingerprint density at radius 2 is 1.74 bits per heavy atom. The van der Waals surface area contributed by atoms with Crippen molar-refractivity contribution in [1.82, 2.24) is 10.6 Å². The SMILES string of the molecule is COc1ccc(CC2NC(=O)/C=C/C[C@@H]([C@H](C)[C@H]3O[C@@H]3c3ccccc3)OC(=O)[C@H](CC(C)C)OC(=O)[C@H](C)CNC2=O)cc1Cl. The van der Waals surface area contributed by atoms with Gasteiger partial charge in [-0.15, -0.1) is 0 Å². The summed E-state index contributed by atoms with van der Waals surface area (Å²) in [4.78, 5) is 52.9. The molecule has 2 amide bonds. The summed E-state index contributed by atoms with van der Waals surface area (Å²) in [6.45, 7) is 7.31. The van der Waals surface area contributed by atoms with E-state index in [4.69, 9.17) is 30.5 Å². The summed E-state index contributed by atoms with van der Waals surface area (Å²) in [6.07, 6.45) is 1.40. The monoisotopic (exact) mass is 654 g/mol. The number of amides is 2. The molecule has 7 atom stereocenters. The predicted molar refractivity (Wildman–Crippen MR) is 172 cm³/mol. The fourth-order valence-corrected chi connectivity index (χ4v) is 5.67. The number of epoxide rings is 1. The van der Waals surface area contributed by atoms with E-state index in [1.54, 1.807) is 31.2 Å². The number of methoxy groups -OCH3 is 1. The lowest BCUT2D eigenvalue weighted by atomic mass is 9.93. The van der Waals surface area contributed by atoms with Crippen LogP contribution in [-0.4, -0.2) is 61.8 Å². The van der Waals surface area contributed by atoms with Gasteiger partial charge >= 0.3 is 11.9 Å². The third-order valence-corrected chi connectivity index (χ3v) is 8.44. The molecule has 2 N–H and O–H groups in total. The first-order chi connectivity index (χ1) is 22.0. The maximum atomic E-state index is 13.5. The van der Waals surface area contributed by atoms with Gasteiger partial charge in [-0.25, -0.2) is 4.79 Å². The summed E-state index contributed by atoms with van der Waals surface area (Å²) in [7, 11) is 1.51. The van der Waals surface area contributed by atoms with Crippen LogP contribution >= 0.6 is 11.6 Å². The van der Waals surface area contributed by atoms with Crippen LogP contribution in [0.25, 0.3) is 0 Å². The Kier molecular flexibility index (Phi) is 12.2. The fraction of sp³-hybridized carbons (Fsp3) is 0.486. The largest absolute Gasteiger partial charge is 0.495 e. The van der Waals surface area contributed by atoms with Crippen LogP contribution in [0.2, 0.25) is 5.02 Å². The molecule has 4 rings (SSSR count). The van der Waals surface area contributed by atoms with Gasteiger partial charge in [-0.2, -0.15) is 0 Å². The molecule has 0 aromatic heterocycles. The normalized spacial score (nSPS) is 27.5. The second-order valence-corrected chi connectivity index (χ2v) is 12.7. The molecule has 46 heavy (non-hydrogen) atoms. The van der Waals surface area contributed by atoms with E-state index in [1.807, 2.05) is 51.1 Å². The molecule has 10 nitrogen and oxygen atoms in total. The van der Waals surface area contributed by atoms with E-state index >= 15 is 0 Å². The van der Waals surface area contributed by atoms with E-state index < -0.39 is 47.9 Å². The van der Waals surface area contributed by atoms with Crippen LogP contribution < -0.4 is 15.4 Å². The van der Waals surface area contributed by atoms with Crippen molar-refractivity contribution in [2.24, 2.45) is 17.8 Å². The lowest BCUT2D eigenvalue weighted by Gasteiger charge is -2.27. The molecule has 2 aliphatic heterocycles. The Labute approximate surface area is 275 Å². The molecule has 0 saturated carbocycles. The molecule has 0 bridgehead atoms. The molecule has 2 aromatic rings. The van der Waals surface area contributed by atoms with E-state index in [0.29, 0.717) is 16.3 Å². The molecular weight excluding hydrogens is 612 g/mol. The van der Waals surface area contributed by atoms with Crippen molar-refractivity contribution in [3.63, 3.8) is 0 Å². The zero-order valence-electron chi connectivity index (χ0n) is 26.9. The summed E-state index contributed by atoms with van der Waals surface area (Å²) < 4.78 is 22.9. The Morgan fingerprint density at radius 1 is 1.00 bits per heavy atom. The van der Waals surface area contributed by atoms with Crippen molar-refractivity contribution in [1.29, 1.82) is 0 Å². The zero-order chi connectivity index (χ0) is 33.4. The minimum absolute atomic E-state index is 0.0341. The van der Waals surface area contributed by atoms with Gasteiger partial charge in [0.25, 0.3) is 0 Å². The number of hydrogen-bond donors (Lipinski definition) is 2. The van der Waals surface area contributed by atoms with E-state index in [9.17, 15) is 19.2 Å². The molecule has 0 radical (unpaired) electrons. The first-order valence-electron chi connectivity index (χ1n) is 15.6. The van der Waals surface area contributed by atoms with E-state index in [0.717, 1.165) is 5.56 Å². The summed E-state index contributed by atoms with van der Waals surface area (Å²) in [5, 5.41) is 5.86. The number of ether oxygens (including phenoxy) is 4. The summed E-state index contributed by atoms with van der Waals surface area (Å²) in [6, 6.07) is 13.9. The first kappa shape index (κ1) is 35.0. The fourth-order valence-electron chi connectivity index (χ4n) is 5.39. The number of benzene rings is 2. The van der Waals surface area contributed by atoms with Gasteiger partial charge in [0, 0.05) is 25.3 Å². The summed E-state index contributed by atoms with van der Waals surface area (Å²) in [5.74, 6) is -2.78. The first-order valence-corrected chi connectivity index (χ1v) is 16.0. The lowest BCUT2D eigenvalue weighted by Crippen LogP contribution is -2.49. The van der Waals surface area contributed by atoms with Crippen molar-refractivity contribution < 1.29 is 38.1 Å². The molecule has 2 aliphatic rings. The highest BCUT2D eigenvalue weighted by molar-refractivity contribution is 6.32. The Hall–Kier alpha value is -3.89. The molecular formula is C35H43ClN2O8. The van der Waals surface area contributed by atoms with Crippen molar-refractivity contribution in [3.05, 3.63) is 76.8 Å². The van der Waals surface area contributed by atoms with Gasteiger partial charge in [0.15, 0.2) is 6.10 Å². The standard InChI is InChI=1S/C35H43ClN2O8/c1-20(2)16-29-35(42)44-27(22(4)31-32(46-31)24-10-7-6-8-11-24)12-9-13-30(39)38-26(33(40)37-19-21(3)34(41)45-29)18-23-14-15-28(43-5)25(36)17-23/h6-11,13-15,17,20-22,26-27,29,31-32H,12,16,18-19H2,1-5H3,(H,37,40)(H,38,39)/b13-9+/t21-,22+,26?,27+,29+,31-,32-/m1/s1. The average molecular weight is 655 g/mol. The molecule has 2 heterocycles. The zero-order valence-corrected chi connectivity index (χ0v) is 27.6. The molecule has 1 saturated heterocycles. The second kappa shape index (κ2) is 16.1. The summed E-state index contributed by atoms with van der Waals surface area (Å²) >= 11 is 6.30. The number of rotatable bonds is 8. The van der Waals surface area contributed by atoms with E-state index in [-0.39, 0.29) is 49.9 Å². The van der Waals surface area contributed by atoms with E-state index in [1.165, 1.54) is 13.2 Å². The highest BCUT2D eigenvalue weighted by atomic mass is 35.5.